The van der Waals surface area contributed by atoms with Gasteiger partial charge in [0, 0.05) is 25.3 Å². The Morgan fingerprint density at radius 2 is 2.44 bits per heavy atom. The Hall–Kier alpha value is -1.44. The first kappa shape index (κ1) is 13.0. The Morgan fingerprint density at radius 3 is 3.11 bits per heavy atom. The van der Waals surface area contributed by atoms with Crippen molar-refractivity contribution < 1.29 is 4.74 Å². The van der Waals surface area contributed by atoms with Gasteiger partial charge in [0.25, 0.3) is 0 Å². The van der Waals surface area contributed by atoms with Crippen LogP contribution in [0.4, 0.5) is 5.69 Å². The van der Waals surface area contributed by atoms with Gasteiger partial charge in [0.2, 0.25) is 0 Å². The van der Waals surface area contributed by atoms with Gasteiger partial charge in [-0.15, -0.1) is 0 Å². The molecule has 18 heavy (non-hydrogen) atoms. The first-order valence-electron chi connectivity index (χ1n) is 5.94. The monoisotopic (exact) mass is 265 g/mol. The molecule has 0 aliphatic carbocycles. The third-order valence-corrected chi connectivity index (χ3v) is 3.44. The summed E-state index contributed by atoms with van der Waals surface area (Å²) in [4.78, 5) is 2.23. The minimum absolute atomic E-state index is 0.202. The molecule has 1 aliphatic rings. The molecule has 96 valence electrons. The second-order valence-corrected chi connectivity index (χ2v) is 4.64. The molecule has 1 aliphatic heterocycles. The van der Waals surface area contributed by atoms with E-state index in [-0.39, 0.29) is 6.04 Å². The molecule has 1 aromatic rings. The van der Waals surface area contributed by atoms with Crippen molar-refractivity contribution in [3.05, 3.63) is 23.2 Å². The lowest BCUT2D eigenvalue weighted by atomic mass is 10.1. The molecule has 0 amide bonds. The molecule has 1 atom stereocenters. The lowest BCUT2D eigenvalue weighted by molar-refractivity contribution is 0.415. The second kappa shape index (κ2) is 5.94. The summed E-state index contributed by atoms with van der Waals surface area (Å²) in [5.74, 6) is 0.674. The maximum atomic E-state index is 8.87. The molecule has 0 bridgehead atoms. The average Bonchev–Trinajstić information content (AvgIpc) is 2.40. The molecule has 1 saturated heterocycles. The highest BCUT2D eigenvalue weighted by molar-refractivity contribution is 6.32. The van der Waals surface area contributed by atoms with Crippen molar-refractivity contribution in [1.82, 2.24) is 5.32 Å². The number of anilines is 1. The van der Waals surface area contributed by atoms with Crippen LogP contribution in [0.5, 0.6) is 5.75 Å². The molecular formula is C13H16ClN3O. The molecule has 1 heterocycles. The van der Waals surface area contributed by atoms with Gasteiger partial charge >= 0.3 is 0 Å². The maximum Gasteiger partial charge on any atom is 0.137 e. The van der Waals surface area contributed by atoms with E-state index in [2.05, 4.69) is 16.3 Å². The number of nitrogens with one attached hydrogen (secondary N) is 1. The van der Waals surface area contributed by atoms with Gasteiger partial charge in [-0.25, -0.2) is 0 Å². The maximum absolute atomic E-state index is 8.87. The minimum Gasteiger partial charge on any atom is -0.495 e. The molecule has 0 radical (unpaired) electrons. The van der Waals surface area contributed by atoms with Crippen molar-refractivity contribution in [3.8, 4) is 11.8 Å². The van der Waals surface area contributed by atoms with Crippen LogP contribution in [0.25, 0.3) is 0 Å². The van der Waals surface area contributed by atoms with E-state index < -0.39 is 0 Å². The van der Waals surface area contributed by atoms with Gasteiger partial charge in [-0.1, -0.05) is 11.6 Å². The van der Waals surface area contributed by atoms with E-state index in [0.717, 1.165) is 25.3 Å². The normalized spacial score (nSPS) is 19.4. The number of hydrogen-bond acceptors (Lipinski definition) is 4. The predicted octanol–water partition coefficient (Wildman–Crippen LogP) is 2.04. The number of hydrogen-bond donors (Lipinski definition) is 1. The lowest BCUT2D eigenvalue weighted by Crippen LogP contribution is -2.51. The fourth-order valence-electron chi connectivity index (χ4n) is 2.22. The SMILES string of the molecule is COc1ccc(N2CCNCC2CC#N)cc1Cl. The van der Waals surface area contributed by atoms with Crippen LogP contribution >= 0.6 is 11.6 Å². The largest absolute Gasteiger partial charge is 0.495 e. The first-order chi connectivity index (χ1) is 8.76. The standard InChI is InChI=1S/C13H16ClN3O/c1-18-13-3-2-10(8-12(13)14)17-7-6-16-9-11(17)4-5-15/h2-3,8,11,16H,4,6-7,9H2,1H3. The van der Waals surface area contributed by atoms with Gasteiger partial charge in [-0.3, -0.25) is 0 Å². The molecule has 0 saturated carbocycles. The van der Waals surface area contributed by atoms with Gasteiger partial charge < -0.3 is 15.0 Å². The Labute approximate surface area is 112 Å². The number of methoxy groups -OCH3 is 1. The quantitative estimate of drug-likeness (QED) is 0.909. The highest BCUT2D eigenvalue weighted by Crippen LogP contribution is 2.30. The van der Waals surface area contributed by atoms with Crippen molar-refractivity contribution in [3.63, 3.8) is 0 Å². The van der Waals surface area contributed by atoms with E-state index in [4.69, 9.17) is 21.6 Å². The van der Waals surface area contributed by atoms with E-state index >= 15 is 0 Å². The van der Waals surface area contributed by atoms with E-state index in [1.54, 1.807) is 7.11 Å². The van der Waals surface area contributed by atoms with Gasteiger partial charge in [0.15, 0.2) is 0 Å². The zero-order valence-electron chi connectivity index (χ0n) is 10.3. The summed E-state index contributed by atoms with van der Waals surface area (Å²) in [6, 6.07) is 8.19. The zero-order chi connectivity index (χ0) is 13.0. The van der Waals surface area contributed by atoms with Crippen molar-refractivity contribution in [2.75, 3.05) is 31.6 Å². The van der Waals surface area contributed by atoms with Gasteiger partial charge in [-0.2, -0.15) is 5.26 Å². The number of halogens is 1. The Kier molecular flexibility index (Phi) is 4.29. The van der Waals surface area contributed by atoms with Gasteiger partial charge in [0.05, 0.1) is 30.7 Å². The summed E-state index contributed by atoms with van der Waals surface area (Å²) in [6.45, 7) is 2.64. The fraction of sp³-hybridized carbons (Fsp3) is 0.462. The fourth-order valence-corrected chi connectivity index (χ4v) is 2.47. The smallest absolute Gasteiger partial charge is 0.137 e. The predicted molar refractivity (Wildman–Crippen MR) is 72.2 cm³/mol. The number of nitrogens with zero attached hydrogens (tertiary/aromatic N) is 2. The second-order valence-electron chi connectivity index (χ2n) is 4.23. The van der Waals surface area contributed by atoms with E-state index in [0.29, 0.717) is 17.2 Å². The molecule has 0 aromatic heterocycles. The van der Waals surface area contributed by atoms with Crippen LogP contribution in [0.15, 0.2) is 18.2 Å². The Bertz CT molecular complexity index is 458. The number of benzene rings is 1. The van der Waals surface area contributed by atoms with Crippen LogP contribution in [0.3, 0.4) is 0 Å². The molecular weight excluding hydrogens is 250 g/mol. The number of nitriles is 1. The van der Waals surface area contributed by atoms with E-state index in [1.807, 2.05) is 18.2 Å². The number of piperazine rings is 1. The van der Waals surface area contributed by atoms with Gasteiger partial charge in [-0.05, 0) is 18.2 Å². The van der Waals surface area contributed by atoms with Crippen molar-refractivity contribution >= 4 is 17.3 Å². The van der Waals surface area contributed by atoms with Crippen molar-refractivity contribution in [2.24, 2.45) is 0 Å². The summed E-state index contributed by atoms with van der Waals surface area (Å²) in [6.07, 6.45) is 0.511. The van der Waals surface area contributed by atoms with Crippen LogP contribution in [0.2, 0.25) is 5.02 Å². The first-order valence-corrected chi connectivity index (χ1v) is 6.32. The summed E-state index contributed by atoms with van der Waals surface area (Å²) in [5, 5.41) is 12.8. The topological polar surface area (TPSA) is 48.3 Å². The third-order valence-electron chi connectivity index (χ3n) is 3.14. The summed E-state index contributed by atoms with van der Waals surface area (Å²) in [7, 11) is 1.60. The van der Waals surface area contributed by atoms with Crippen LogP contribution in [-0.4, -0.2) is 32.8 Å². The van der Waals surface area contributed by atoms with Crippen molar-refractivity contribution in [1.29, 1.82) is 5.26 Å². The van der Waals surface area contributed by atoms with Gasteiger partial charge in [0.1, 0.15) is 5.75 Å². The minimum atomic E-state index is 0.202. The van der Waals surface area contributed by atoms with E-state index in [9.17, 15) is 0 Å². The highest BCUT2D eigenvalue weighted by Gasteiger charge is 2.22. The number of rotatable bonds is 3. The van der Waals surface area contributed by atoms with E-state index in [1.165, 1.54) is 0 Å². The lowest BCUT2D eigenvalue weighted by Gasteiger charge is -2.37. The summed E-state index contributed by atoms with van der Waals surface area (Å²) >= 11 is 6.14. The molecule has 1 unspecified atom stereocenters. The molecule has 1 N–H and O–H groups in total. The Balaban J connectivity index is 2.23. The summed E-state index contributed by atoms with van der Waals surface area (Å²) in [5.41, 5.74) is 1.04. The van der Waals surface area contributed by atoms with Crippen LogP contribution < -0.4 is 15.0 Å². The molecule has 1 fully saturated rings. The zero-order valence-corrected chi connectivity index (χ0v) is 11.1. The molecule has 1 aromatic carbocycles. The summed E-state index contributed by atoms with van der Waals surface area (Å²) < 4.78 is 5.15. The number of ether oxygens (including phenoxy) is 1. The average molecular weight is 266 g/mol. The van der Waals surface area contributed by atoms with Crippen LogP contribution in [0.1, 0.15) is 6.42 Å². The molecule has 5 heteroatoms. The molecule has 4 nitrogen and oxygen atoms in total. The highest BCUT2D eigenvalue weighted by atomic mass is 35.5. The van der Waals surface area contributed by atoms with Crippen molar-refractivity contribution in [2.45, 2.75) is 12.5 Å². The molecule has 0 spiro atoms. The van der Waals surface area contributed by atoms with Crippen LogP contribution in [-0.2, 0) is 0 Å². The molecule has 2 rings (SSSR count). The van der Waals surface area contributed by atoms with Crippen LogP contribution in [0, 0.1) is 11.3 Å². The Morgan fingerprint density at radius 1 is 1.61 bits per heavy atom. The third kappa shape index (κ3) is 2.69.